The molecule has 0 aromatic carbocycles. The number of amidine groups is 1. The second-order valence-electron chi connectivity index (χ2n) is 0.911. The van der Waals surface area contributed by atoms with Crippen LogP contribution in [-0.4, -0.2) is 12.0 Å². The van der Waals surface area contributed by atoms with Gasteiger partial charge in [0.2, 0.25) is 0 Å². The maximum atomic E-state index is 10.8. The molecule has 0 aliphatic rings. The molecule has 0 aliphatic heterocycles. The van der Waals surface area contributed by atoms with E-state index in [0.29, 0.717) is 0 Å². The number of nitrogens with one attached hydrogen (secondary N) is 1. The Balaban J connectivity index is 0. The summed E-state index contributed by atoms with van der Waals surface area (Å²) in [7, 11) is 0. The fourth-order valence-corrected chi connectivity index (χ4v) is 0. The van der Waals surface area contributed by atoms with Gasteiger partial charge in [0, 0.05) is 0 Å². The van der Waals surface area contributed by atoms with Gasteiger partial charge in [0.15, 0.2) is 5.84 Å². The van der Waals surface area contributed by atoms with Gasteiger partial charge in [0.1, 0.15) is 0 Å². The average Bonchev–Trinajstić information content (AvgIpc) is 1.31. The summed E-state index contributed by atoms with van der Waals surface area (Å²) in [4.78, 5) is 0. The third kappa shape index (κ3) is 3.91. The Labute approximate surface area is 54.1 Å². The zero-order valence-corrected chi connectivity index (χ0v) is 5.33. The first-order chi connectivity index (χ1) is 2.94. The monoisotopic (exact) mass is 192 g/mol. The molecule has 0 amide bonds. The Bertz CT molecular complexity index is 87.8. The van der Waals surface area contributed by atoms with Crippen LogP contribution in [0.4, 0.5) is 13.2 Å². The number of hydrogen-bond acceptors (Lipinski definition) is 1. The lowest BCUT2D eigenvalue weighted by molar-refractivity contribution is -0.0606. The van der Waals surface area contributed by atoms with Crippen LogP contribution in [0.5, 0.6) is 0 Å². The van der Waals surface area contributed by atoms with Gasteiger partial charge in [-0.3, -0.25) is 5.41 Å². The van der Waals surface area contributed by atoms with E-state index in [-0.39, 0.29) is 17.0 Å². The van der Waals surface area contributed by atoms with Crippen LogP contribution in [-0.2, 0) is 0 Å². The summed E-state index contributed by atoms with van der Waals surface area (Å²) in [6, 6.07) is 0. The van der Waals surface area contributed by atoms with Crippen molar-refractivity contribution in [1.82, 2.24) is 0 Å². The van der Waals surface area contributed by atoms with E-state index in [1.807, 2.05) is 0 Å². The zero-order valence-electron chi connectivity index (χ0n) is 3.62. The summed E-state index contributed by atoms with van der Waals surface area (Å²) in [6.45, 7) is 0. The summed E-state index contributed by atoms with van der Waals surface area (Å²) in [5, 5.41) is 5.80. The molecule has 6 heteroatoms. The average molecular weight is 193 g/mol. The fourth-order valence-electron chi connectivity index (χ4n) is 0. The van der Waals surface area contributed by atoms with Gasteiger partial charge in [-0.1, -0.05) is 0 Å². The van der Waals surface area contributed by atoms with Crippen LogP contribution in [0.3, 0.4) is 0 Å². The highest BCUT2D eigenvalue weighted by molar-refractivity contribution is 8.93. The van der Waals surface area contributed by atoms with Gasteiger partial charge in [-0.25, -0.2) is 0 Å². The Hall–Kier alpha value is -0.260. The molecule has 0 saturated heterocycles. The molecule has 0 saturated carbocycles. The molecular formula is C2H4BrF3N2. The van der Waals surface area contributed by atoms with Crippen molar-refractivity contribution in [2.75, 3.05) is 0 Å². The van der Waals surface area contributed by atoms with Gasteiger partial charge < -0.3 is 5.73 Å². The van der Waals surface area contributed by atoms with Crippen LogP contribution < -0.4 is 5.73 Å². The topological polar surface area (TPSA) is 49.9 Å². The second kappa shape index (κ2) is 2.91. The van der Waals surface area contributed by atoms with Crippen molar-refractivity contribution < 1.29 is 13.2 Å². The van der Waals surface area contributed by atoms with Gasteiger partial charge in [-0.15, -0.1) is 17.0 Å². The van der Waals surface area contributed by atoms with Gasteiger partial charge in [0.25, 0.3) is 0 Å². The molecule has 2 nitrogen and oxygen atoms in total. The van der Waals surface area contributed by atoms with Crippen molar-refractivity contribution in [3.63, 3.8) is 0 Å². The molecule has 50 valence electrons. The minimum Gasteiger partial charge on any atom is -0.380 e. The standard InChI is InChI=1S/C2H3F3N2.BrH/c3-2(4,5)1(6)7;/h(H3,6,7);1H. The van der Waals surface area contributed by atoms with E-state index in [9.17, 15) is 13.2 Å². The van der Waals surface area contributed by atoms with E-state index < -0.39 is 12.0 Å². The smallest absolute Gasteiger partial charge is 0.380 e. The van der Waals surface area contributed by atoms with Crippen LogP contribution in [0.2, 0.25) is 0 Å². The molecule has 8 heavy (non-hydrogen) atoms. The van der Waals surface area contributed by atoms with Crippen LogP contribution in [0, 0.1) is 5.41 Å². The minimum absolute atomic E-state index is 0. The van der Waals surface area contributed by atoms with Crippen molar-refractivity contribution in [2.24, 2.45) is 5.73 Å². The van der Waals surface area contributed by atoms with Crippen LogP contribution in [0.15, 0.2) is 0 Å². The molecule has 0 bridgehead atoms. The molecule has 0 heterocycles. The Morgan fingerprint density at radius 1 is 1.38 bits per heavy atom. The van der Waals surface area contributed by atoms with Gasteiger partial charge in [-0.2, -0.15) is 13.2 Å². The van der Waals surface area contributed by atoms with E-state index in [1.165, 1.54) is 0 Å². The molecule has 0 fully saturated rings. The highest BCUT2D eigenvalue weighted by Crippen LogP contribution is 2.12. The lowest BCUT2D eigenvalue weighted by Crippen LogP contribution is -2.29. The molecule has 3 N–H and O–H groups in total. The highest BCUT2D eigenvalue weighted by Gasteiger charge is 2.31. The molecule has 0 rings (SSSR count). The van der Waals surface area contributed by atoms with Crippen molar-refractivity contribution in [3.05, 3.63) is 0 Å². The third-order valence-electron chi connectivity index (χ3n) is 0.305. The van der Waals surface area contributed by atoms with Crippen molar-refractivity contribution in [1.29, 1.82) is 5.41 Å². The van der Waals surface area contributed by atoms with Gasteiger partial charge in [0.05, 0.1) is 0 Å². The quantitative estimate of drug-likeness (QED) is 0.438. The number of alkyl halides is 3. The summed E-state index contributed by atoms with van der Waals surface area (Å²) in [5.74, 6) is -1.76. The Morgan fingerprint density at radius 3 is 1.50 bits per heavy atom. The first-order valence-electron chi connectivity index (χ1n) is 1.36. The van der Waals surface area contributed by atoms with Crippen molar-refractivity contribution in [3.8, 4) is 0 Å². The number of hydrogen-bond donors (Lipinski definition) is 2. The first-order valence-corrected chi connectivity index (χ1v) is 1.36. The zero-order chi connectivity index (χ0) is 6.08. The lowest BCUT2D eigenvalue weighted by atomic mass is 10.6. The van der Waals surface area contributed by atoms with E-state index in [0.717, 1.165) is 0 Å². The summed E-state index contributed by atoms with van der Waals surface area (Å²) >= 11 is 0. The molecule has 0 aromatic heterocycles. The van der Waals surface area contributed by atoms with E-state index in [1.54, 1.807) is 0 Å². The molecule has 0 unspecified atom stereocenters. The number of nitrogens with two attached hydrogens (primary N) is 1. The van der Waals surface area contributed by atoms with E-state index >= 15 is 0 Å². The molecule has 0 aliphatic carbocycles. The first kappa shape index (κ1) is 10.7. The Morgan fingerprint density at radius 2 is 1.50 bits per heavy atom. The molecule has 0 radical (unpaired) electrons. The Kier molecular flexibility index (Phi) is 3.88. The molecule has 0 atom stereocenters. The summed E-state index contributed by atoms with van der Waals surface area (Å²) in [5.41, 5.74) is 4.03. The summed E-state index contributed by atoms with van der Waals surface area (Å²) < 4.78 is 32.5. The van der Waals surface area contributed by atoms with Crippen LogP contribution >= 0.6 is 17.0 Å². The van der Waals surface area contributed by atoms with Crippen LogP contribution in [0.25, 0.3) is 0 Å². The predicted molar refractivity (Wildman–Crippen MR) is 28.3 cm³/mol. The van der Waals surface area contributed by atoms with Crippen molar-refractivity contribution >= 4 is 22.8 Å². The van der Waals surface area contributed by atoms with E-state index in [4.69, 9.17) is 5.41 Å². The van der Waals surface area contributed by atoms with Crippen molar-refractivity contribution in [2.45, 2.75) is 6.18 Å². The third-order valence-corrected chi connectivity index (χ3v) is 0.305. The van der Waals surface area contributed by atoms with Gasteiger partial charge >= 0.3 is 6.18 Å². The summed E-state index contributed by atoms with van der Waals surface area (Å²) in [6.07, 6.45) is -4.64. The molecule has 0 aromatic rings. The number of halogens is 4. The largest absolute Gasteiger partial charge is 0.448 e. The number of rotatable bonds is 0. The molecular weight excluding hydrogens is 189 g/mol. The fraction of sp³-hybridized carbons (Fsp3) is 0.500. The lowest BCUT2D eigenvalue weighted by Gasteiger charge is -1.98. The normalized spacial score (nSPS) is 9.88. The molecule has 0 spiro atoms. The maximum absolute atomic E-state index is 10.8. The highest BCUT2D eigenvalue weighted by atomic mass is 79.9. The maximum Gasteiger partial charge on any atom is 0.448 e. The van der Waals surface area contributed by atoms with Crippen LogP contribution in [0.1, 0.15) is 0 Å². The minimum atomic E-state index is -4.64. The predicted octanol–water partition coefficient (Wildman–Crippen LogP) is 1.06. The SMILES string of the molecule is Br.N=C(N)C(F)(F)F. The van der Waals surface area contributed by atoms with Gasteiger partial charge in [-0.05, 0) is 0 Å². The van der Waals surface area contributed by atoms with E-state index in [2.05, 4.69) is 5.73 Å². The second-order valence-corrected chi connectivity index (χ2v) is 0.911.